The molecule has 20 heavy (non-hydrogen) atoms. The summed E-state index contributed by atoms with van der Waals surface area (Å²) >= 11 is 6.15. The van der Waals surface area contributed by atoms with Gasteiger partial charge in [0.2, 0.25) is 0 Å². The zero-order valence-electron chi connectivity index (χ0n) is 12.6. The van der Waals surface area contributed by atoms with Crippen LogP contribution in [0.25, 0.3) is 0 Å². The summed E-state index contributed by atoms with van der Waals surface area (Å²) in [5.41, 5.74) is 0.974. The van der Waals surface area contributed by atoms with E-state index in [0.717, 1.165) is 38.4 Å². The Kier molecular flexibility index (Phi) is 5.64. The molecule has 1 aliphatic rings. The summed E-state index contributed by atoms with van der Waals surface area (Å²) in [6.07, 6.45) is 3.46. The van der Waals surface area contributed by atoms with Crippen LogP contribution in [0.15, 0.2) is 18.5 Å². The van der Waals surface area contributed by atoms with Gasteiger partial charge >= 0.3 is 0 Å². The van der Waals surface area contributed by atoms with Crippen LogP contribution in [0.3, 0.4) is 0 Å². The molecule has 1 aromatic heterocycles. The van der Waals surface area contributed by atoms with Crippen LogP contribution in [0, 0.1) is 5.92 Å². The van der Waals surface area contributed by atoms with Crippen molar-refractivity contribution in [2.24, 2.45) is 5.92 Å². The topological polar surface area (TPSA) is 31.4 Å². The monoisotopic (exact) mass is 296 g/mol. The van der Waals surface area contributed by atoms with E-state index in [1.54, 1.807) is 12.4 Å². The molecule has 1 atom stereocenters. The Hall–Kier alpha value is -0.840. The molecule has 0 amide bonds. The molecule has 4 nitrogen and oxygen atoms in total. The van der Waals surface area contributed by atoms with Crippen molar-refractivity contribution in [3.05, 3.63) is 23.5 Å². The first kappa shape index (κ1) is 15.5. The van der Waals surface area contributed by atoms with Crippen LogP contribution >= 0.6 is 11.6 Å². The normalized spacial score (nSPS) is 19.2. The maximum atomic E-state index is 6.15. The molecule has 2 heterocycles. The van der Waals surface area contributed by atoms with Crippen LogP contribution < -0.4 is 5.32 Å². The second-order valence-electron chi connectivity index (χ2n) is 5.89. The zero-order chi connectivity index (χ0) is 14.5. The number of anilines is 1. The van der Waals surface area contributed by atoms with Crippen LogP contribution in [0.5, 0.6) is 0 Å². The second-order valence-corrected chi connectivity index (χ2v) is 6.29. The van der Waals surface area contributed by atoms with E-state index in [2.05, 4.69) is 41.0 Å². The van der Waals surface area contributed by atoms with E-state index in [1.807, 2.05) is 6.07 Å². The largest absolute Gasteiger partial charge is 0.382 e. The lowest BCUT2D eigenvalue weighted by Gasteiger charge is -2.40. The Labute approximate surface area is 127 Å². The third-order valence-electron chi connectivity index (χ3n) is 4.05. The first-order valence-corrected chi connectivity index (χ1v) is 7.71. The number of hydrogen-bond acceptors (Lipinski definition) is 4. The summed E-state index contributed by atoms with van der Waals surface area (Å²) in [7, 11) is 2.19. The number of aromatic nitrogens is 1. The molecule has 1 aromatic rings. The molecule has 0 bridgehead atoms. The van der Waals surface area contributed by atoms with Crippen molar-refractivity contribution >= 4 is 17.3 Å². The molecule has 0 saturated carbocycles. The first-order chi connectivity index (χ1) is 9.58. The van der Waals surface area contributed by atoms with Gasteiger partial charge in [0.1, 0.15) is 0 Å². The highest BCUT2D eigenvalue weighted by molar-refractivity contribution is 6.33. The predicted molar refractivity (Wildman–Crippen MR) is 85.4 cm³/mol. The van der Waals surface area contributed by atoms with Crippen molar-refractivity contribution in [1.82, 2.24) is 14.8 Å². The lowest BCUT2D eigenvalue weighted by atomic mass is 10.0. The number of halogens is 1. The third-order valence-corrected chi connectivity index (χ3v) is 4.35. The number of piperazine rings is 1. The molecule has 1 N–H and O–H groups in total. The average Bonchev–Trinajstić information content (AvgIpc) is 2.42. The molecular weight excluding hydrogens is 272 g/mol. The zero-order valence-corrected chi connectivity index (χ0v) is 13.4. The van der Waals surface area contributed by atoms with Gasteiger partial charge in [-0.2, -0.15) is 0 Å². The van der Waals surface area contributed by atoms with E-state index in [0.29, 0.717) is 17.0 Å². The predicted octanol–water partition coefficient (Wildman–Crippen LogP) is 2.42. The molecule has 0 radical (unpaired) electrons. The Balaban J connectivity index is 1.94. The quantitative estimate of drug-likeness (QED) is 0.904. The van der Waals surface area contributed by atoms with Gasteiger partial charge in [0, 0.05) is 51.2 Å². The Morgan fingerprint density at radius 3 is 2.60 bits per heavy atom. The fraction of sp³-hybridized carbons (Fsp3) is 0.667. The van der Waals surface area contributed by atoms with Gasteiger partial charge in [0.05, 0.1) is 10.7 Å². The fourth-order valence-electron chi connectivity index (χ4n) is 2.67. The van der Waals surface area contributed by atoms with Crippen LogP contribution in [0.4, 0.5) is 5.69 Å². The minimum atomic E-state index is 0.535. The van der Waals surface area contributed by atoms with Crippen molar-refractivity contribution in [3.63, 3.8) is 0 Å². The number of likely N-dealkylation sites (N-methyl/N-ethyl adjacent to an activating group) is 1. The smallest absolute Gasteiger partial charge is 0.0820 e. The average molecular weight is 297 g/mol. The summed E-state index contributed by atoms with van der Waals surface area (Å²) in [6, 6.07) is 2.47. The van der Waals surface area contributed by atoms with Crippen molar-refractivity contribution < 1.29 is 0 Å². The molecule has 1 fully saturated rings. The Bertz CT molecular complexity index is 416. The molecule has 2 rings (SSSR count). The van der Waals surface area contributed by atoms with Crippen LogP contribution in [-0.4, -0.2) is 60.6 Å². The number of nitrogens with zero attached hydrogens (tertiary/aromatic N) is 3. The van der Waals surface area contributed by atoms with E-state index < -0.39 is 0 Å². The molecule has 1 saturated heterocycles. The Morgan fingerprint density at radius 2 is 2.00 bits per heavy atom. The maximum absolute atomic E-state index is 6.15. The second kappa shape index (κ2) is 7.25. The summed E-state index contributed by atoms with van der Waals surface area (Å²) in [5.74, 6) is 0.617. The summed E-state index contributed by atoms with van der Waals surface area (Å²) in [5, 5.41) is 4.16. The lowest BCUT2D eigenvalue weighted by molar-refractivity contribution is 0.0944. The number of hydrogen-bond donors (Lipinski definition) is 1. The van der Waals surface area contributed by atoms with Crippen LogP contribution in [0.1, 0.15) is 13.8 Å². The van der Waals surface area contributed by atoms with Crippen molar-refractivity contribution in [1.29, 1.82) is 0 Å². The number of rotatable bonds is 5. The van der Waals surface area contributed by atoms with Crippen LogP contribution in [0.2, 0.25) is 5.02 Å². The van der Waals surface area contributed by atoms with Crippen LogP contribution in [-0.2, 0) is 0 Å². The van der Waals surface area contributed by atoms with Gasteiger partial charge in [-0.05, 0) is 19.0 Å². The van der Waals surface area contributed by atoms with Crippen molar-refractivity contribution in [2.75, 3.05) is 45.1 Å². The maximum Gasteiger partial charge on any atom is 0.0820 e. The van der Waals surface area contributed by atoms with E-state index in [-0.39, 0.29) is 0 Å². The highest BCUT2D eigenvalue weighted by atomic mass is 35.5. The van der Waals surface area contributed by atoms with Crippen molar-refractivity contribution in [3.8, 4) is 0 Å². The third kappa shape index (κ3) is 4.08. The van der Waals surface area contributed by atoms with Gasteiger partial charge in [-0.15, -0.1) is 0 Å². The van der Waals surface area contributed by atoms with Gasteiger partial charge in [-0.1, -0.05) is 25.4 Å². The standard InChI is InChI=1S/C15H25ClN4/c1-12(2)15(20-8-6-19(3)7-9-20)11-18-14-4-5-17-10-13(14)16/h4-5,10,12,15H,6-9,11H2,1-3H3,(H,17,18). The van der Waals surface area contributed by atoms with Crippen molar-refractivity contribution in [2.45, 2.75) is 19.9 Å². The minimum absolute atomic E-state index is 0.535. The number of nitrogens with one attached hydrogen (secondary N) is 1. The van der Waals surface area contributed by atoms with Gasteiger partial charge in [-0.3, -0.25) is 9.88 Å². The Morgan fingerprint density at radius 1 is 1.30 bits per heavy atom. The first-order valence-electron chi connectivity index (χ1n) is 7.34. The lowest BCUT2D eigenvalue weighted by Crippen LogP contribution is -2.52. The SMILES string of the molecule is CC(C)C(CNc1ccncc1Cl)N1CCN(C)CC1. The minimum Gasteiger partial charge on any atom is -0.382 e. The molecule has 0 spiro atoms. The van der Waals surface area contributed by atoms with E-state index >= 15 is 0 Å². The molecular formula is C15H25ClN4. The van der Waals surface area contributed by atoms with Gasteiger partial charge in [-0.25, -0.2) is 0 Å². The fourth-order valence-corrected chi connectivity index (χ4v) is 2.86. The van der Waals surface area contributed by atoms with Gasteiger partial charge in [0.25, 0.3) is 0 Å². The number of pyridine rings is 1. The molecule has 1 unspecified atom stereocenters. The molecule has 112 valence electrons. The summed E-state index contributed by atoms with van der Waals surface area (Å²) < 4.78 is 0. The molecule has 1 aliphatic heterocycles. The van der Waals surface area contributed by atoms with E-state index in [4.69, 9.17) is 11.6 Å². The van der Waals surface area contributed by atoms with E-state index in [9.17, 15) is 0 Å². The molecule has 5 heteroatoms. The van der Waals surface area contributed by atoms with Gasteiger partial charge in [0.15, 0.2) is 0 Å². The summed E-state index contributed by atoms with van der Waals surface area (Å²) in [4.78, 5) is 9.00. The highest BCUT2D eigenvalue weighted by Gasteiger charge is 2.24. The molecule has 0 aliphatic carbocycles. The summed E-state index contributed by atoms with van der Waals surface area (Å²) in [6.45, 7) is 10.1. The molecule has 0 aromatic carbocycles. The van der Waals surface area contributed by atoms with E-state index in [1.165, 1.54) is 0 Å². The van der Waals surface area contributed by atoms with Gasteiger partial charge < -0.3 is 10.2 Å². The highest BCUT2D eigenvalue weighted by Crippen LogP contribution is 2.21.